The Morgan fingerprint density at radius 3 is 2.67 bits per heavy atom. The van der Waals surface area contributed by atoms with E-state index in [2.05, 4.69) is 27.2 Å². The van der Waals surface area contributed by atoms with Crippen molar-refractivity contribution >= 4 is 46.4 Å². The lowest BCUT2D eigenvalue weighted by atomic mass is 10.2. The fraction of sp³-hybridized carbons (Fsp3) is 0.300. The number of nitrogens with zero attached hydrogens (tertiary/aromatic N) is 3. The highest BCUT2D eigenvalue weighted by molar-refractivity contribution is 6.30. The molecule has 30 heavy (non-hydrogen) atoms. The van der Waals surface area contributed by atoms with Crippen LogP contribution >= 0.6 is 24.0 Å². The lowest BCUT2D eigenvalue weighted by Crippen LogP contribution is -2.21. The van der Waals surface area contributed by atoms with E-state index in [1.54, 1.807) is 25.3 Å². The molecule has 1 fully saturated rings. The number of nitrogens with one attached hydrogen (secondary N) is 1. The number of fused-ring (bicyclic) bond motifs is 1. The van der Waals surface area contributed by atoms with Gasteiger partial charge in [-0.2, -0.15) is 0 Å². The highest BCUT2D eigenvalue weighted by Gasteiger charge is 2.23. The minimum Gasteiger partial charge on any atom is -0.493 e. The maximum Gasteiger partial charge on any atom is 0.163 e. The van der Waals surface area contributed by atoms with Crippen molar-refractivity contribution < 1.29 is 19.3 Å². The molecule has 7 nitrogen and oxygen atoms in total. The lowest BCUT2D eigenvalue weighted by molar-refractivity contribution is 0.200. The highest BCUT2D eigenvalue weighted by Crippen LogP contribution is 2.36. The molecule has 1 aliphatic heterocycles. The molecule has 0 bridgehead atoms. The topological polar surface area (TPSA) is 91.0 Å². The molecular weight excluding hydrogens is 434 g/mol. The molecule has 3 N–H and O–H groups in total. The van der Waals surface area contributed by atoms with E-state index in [0.717, 1.165) is 19.5 Å². The predicted octanol–water partition coefficient (Wildman–Crippen LogP) is 3.85. The molecule has 0 radical (unpaired) electrons. The van der Waals surface area contributed by atoms with Crippen LogP contribution in [0.15, 0.2) is 36.7 Å². The van der Waals surface area contributed by atoms with Crippen molar-refractivity contribution in [2.24, 2.45) is 0 Å². The minimum absolute atomic E-state index is 0. The fourth-order valence-electron chi connectivity index (χ4n) is 3.30. The second-order valence-corrected chi connectivity index (χ2v) is 7.22. The smallest absolute Gasteiger partial charge is 0.163 e. The van der Waals surface area contributed by atoms with Gasteiger partial charge in [0.05, 0.1) is 18.3 Å². The number of likely N-dealkylation sites (N-methyl/N-ethyl adjacent to an activating group) is 1. The zero-order chi connectivity index (χ0) is 19.7. The molecule has 1 saturated heterocycles. The van der Waals surface area contributed by atoms with Gasteiger partial charge in [0.1, 0.15) is 24.1 Å². The Hall–Kier alpha value is -2.39. The van der Waals surface area contributed by atoms with E-state index < -0.39 is 5.82 Å². The van der Waals surface area contributed by atoms with Gasteiger partial charge in [-0.1, -0.05) is 11.6 Å². The van der Waals surface area contributed by atoms with E-state index in [0.29, 0.717) is 33.2 Å². The van der Waals surface area contributed by atoms with Crippen LogP contribution in [-0.2, 0) is 0 Å². The van der Waals surface area contributed by atoms with Crippen LogP contribution in [-0.4, -0.2) is 53.7 Å². The van der Waals surface area contributed by atoms with Crippen LogP contribution in [0, 0.1) is 5.82 Å². The van der Waals surface area contributed by atoms with Crippen LogP contribution in [0.1, 0.15) is 6.42 Å². The third-order valence-corrected chi connectivity index (χ3v) is 4.98. The van der Waals surface area contributed by atoms with Gasteiger partial charge in [-0.25, -0.2) is 14.4 Å². The number of halogens is 3. The lowest BCUT2D eigenvalue weighted by Gasteiger charge is -2.17. The average molecular weight is 457 g/mol. The SMILES string of the molecule is COc1cc2c(Nc3ccc(Cl)cc3F)ncnc2cc1OC1CCN(C)C1.Cl.O. The Labute approximate surface area is 184 Å². The van der Waals surface area contributed by atoms with E-state index in [4.69, 9.17) is 21.1 Å². The fourth-order valence-corrected chi connectivity index (χ4v) is 3.46. The summed E-state index contributed by atoms with van der Waals surface area (Å²) in [5.74, 6) is 1.22. The maximum atomic E-state index is 14.2. The standard InChI is InChI=1S/C20H20ClFN4O2.ClH.H2O/c1-26-6-5-13(10-26)28-19-9-17-14(8-18(19)27-2)20(24-11-23-17)25-16-4-3-12(21)7-15(16)22;;/h3-4,7-9,11,13H,5-6,10H2,1-2H3,(H,23,24,25);1H;1H2. The molecule has 0 spiro atoms. The van der Waals surface area contributed by atoms with Gasteiger partial charge >= 0.3 is 0 Å². The van der Waals surface area contributed by atoms with E-state index in [-0.39, 0.29) is 29.7 Å². The number of likely N-dealkylation sites (tertiary alicyclic amines) is 1. The number of rotatable bonds is 5. The van der Waals surface area contributed by atoms with Crippen molar-refractivity contribution in [3.63, 3.8) is 0 Å². The molecule has 4 rings (SSSR count). The molecule has 10 heteroatoms. The Morgan fingerprint density at radius 2 is 2.00 bits per heavy atom. The Morgan fingerprint density at radius 1 is 1.20 bits per heavy atom. The van der Waals surface area contributed by atoms with Gasteiger partial charge in [-0.15, -0.1) is 12.4 Å². The van der Waals surface area contributed by atoms with Gasteiger partial charge < -0.3 is 25.2 Å². The van der Waals surface area contributed by atoms with Crippen LogP contribution in [0.25, 0.3) is 10.9 Å². The summed E-state index contributed by atoms with van der Waals surface area (Å²) in [6.45, 7) is 1.87. The van der Waals surface area contributed by atoms with E-state index in [9.17, 15) is 4.39 Å². The summed E-state index contributed by atoms with van der Waals surface area (Å²) in [6.07, 6.45) is 2.50. The first kappa shape index (κ1) is 23.9. The van der Waals surface area contributed by atoms with Gasteiger partial charge in [-0.05, 0) is 37.7 Å². The molecule has 162 valence electrons. The molecule has 2 aromatic carbocycles. The normalized spacial score (nSPS) is 15.9. The second kappa shape index (κ2) is 10.1. The molecule has 1 aromatic heterocycles. The first-order valence-corrected chi connectivity index (χ1v) is 9.31. The Kier molecular flexibility index (Phi) is 8.03. The number of ether oxygens (including phenoxy) is 2. The van der Waals surface area contributed by atoms with Crippen molar-refractivity contribution in [2.75, 3.05) is 32.6 Å². The minimum atomic E-state index is -0.462. The van der Waals surface area contributed by atoms with E-state index in [1.807, 2.05) is 6.07 Å². The van der Waals surface area contributed by atoms with Crippen LogP contribution in [0.3, 0.4) is 0 Å². The number of methoxy groups -OCH3 is 1. The summed E-state index contributed by atoms with van der Waals surface area (Å²) >= 11 is 5.82. The molecule has 1 aliphatic rings. The van der Waals surface area contributed by atoms with Gasteiger partial charge in [0.2, 0.25) is 0 Å². The number of hydrogen-bond acceptors (Lipinski definition) is 6. The van der Waals surface area contributed by atoms with Crippen molar-refractivity contribution in [2.45, 2.75) is 12.5 Å². The predicted molar refractivity (Wildman–Crippen MR) is 118 cm³/mol. The van der Waals surface area contributed by atoms with Crippen molar-refractivity contribution in [3.05, 3.63) is 47.5 Å². The summed E-state index contributed by atoms with van der Waals surface area (Å²) in [7, 11) is 3.66. The van der Waals surface area contributed by atoms with Gasteiger partial charge in [0, 0.05) is 29.6 Å². The van der Waals surface area contributed by atoms with Crippen LogP contribution in [0.2, 0.25) is 5.02 Å². The van der Waals surface area contributed by atoms with Crippen LogP contribution in [0.4, 0.5) is 15.9 Å². The van der Waals surface area contributed by atoms with Crippen LogP contribution < -0.4 is 14.8 Å². The van der Waals surface area contributed by atoms with Crippen molar-refractivity contribution in [1.82, 2.24) is 14.9 Å². The largest absolute Gasteiger partial charge is 0.493 e. The molecule has 1 unspecified atom stereocenters. The Bertz CT molecular complexity index is 1020. The number of aromatic nitrogens is 2. The van der Waals surface area contributed by atoms with Gasteiger partial charge in [0.25, 0.3) is 0 Å². The monoisotopic (exact) mass is 456 g/mol. The van der Waals surface area contributed by atoms with E-state index >= 15 is 0 Å². The zero-order valence-electron chi connectivity index (χ0n) is 16.5. The van der Waals surface area contributed by atoms with Crippen molar-refractivity contribution in [3.8, 4) is 11.5 Å². The molecule has 3 aromatic rings. The number of hydrogen-bond donors (Lipinski definition) is 1. The number of benzene rings is 2. The second-order valence-electron chi connectivity index (χ2n) is 6.78. The molecule has 0 saturated carbocycles. The summed E-state index contributed by atoms with van der Waals surface area (Å²) in [5, 5.41) is 4.03. The highest BCUT2D eigenvalue weighted by atomic mass is 35.5. The summed E-state index contributed by atoms with van der Waals surface area (Å²) in [4.78, 5) is 10.8. The quantitative estimate of drug-likeness (QED) is 0.626. The Balaban J connectivity index is 0.00000160. The molecule has 0 amide bonds. The first-order chi connectivity index (χ1) is 13.5. The zero-order valence-corrected chi connectivity index (χ0v) is 18.1. The van der Waals surface area contributed by atoms with Crippen molar-refractivity contribution in [1.29, 1.82) is 0 Å². The van der Waals surface area contributed by atoms with Gasteiger partial charge in [0.15, 0.2) is 11.5 Å². The summed E-state index contributed by atoms with van der Waals surface area (Å²) in [5.41, 5.74) is 0.951. The van der Waals surface area contributed by atoms with Gasteiger partial charge in [-0.3, -0.25) is 0 Å². The number of anilines is 2. The molecule has 1 atom stereocenters. The molecule has 0 aliphatic carbocycles. The summed E-state index contributed by atoms with van der Waals surface area (Å²) in [6, 6.07) is 8.06. The first-order valence-electron chi connectivity index (χ1n) is 8.93. The third kappa shape index (κ3) is 5.02. The summed E-state index contributed by atoms with van der Waals surface area (Å²) < 4.78 is 25.8. The average Bonchev–Trinajstić information content (AvgIpc) is 3.08. The van der Waals surface area contributed by atoms with Crippen LogP contribution in [0.5, 0.6) is 11.5 Å². The maximum absolute atomic E-state index is 14.2. The third-order valence-electron chi connectivity index (χ3n) is 4.75. The molecule has 2 heterocycles. The molecular formula is C20H23Cl2FN4O3. The van der Waals surface area contributed by atoms with E-state index in [1.165, 1.54) is 12.4 Å².